The number of nitrogens with zero attached hydrogens (tertiary/aromatic N) is 3. The number of hydrogen-bond acceptors (Lipinski definition) is 6. The maximum Gasteiger partial charge on any atom is 0.276 e. The van der Waals surface area contributed by atoms with E-state index in [0.717, 1.165) is 30.5 Å². The molecule has 0 spiro atoms. The van der Waals surface area contributed by atoms with Crippen LogP contribution >= 0.6 is 0 Å². The zero-order valence-electron chi connectivity index (χ0n) is 17.3. The molecule has 9 heteroatoms. The second-order valence-electron chi connectivity index (χ2n) is 7.70. The maximum absolute atomic E-state index is 12.5. The molecule has 0 amide bonds. The number of nitro benzene ring substituents is 1. The summed E-state index contributed by atoms with van der Waals surface area (Å²) in [6.07, 6.45) is 4.52. The second-order valence-corrected chi connectivity index (χ2v) is 9.36. The Balaban J connectivity index is 1.92. The van der Waals surface area contributed by atoms with Crippen molar-refractivity contribution in [3.05, 3.63) is 63.7 Å². The Morgan fingerprint density at radius 1 is 1.13 bits per heavy atom. The Bertz CT molecular complexity index is 1040. The maximum atomic E-state index is 12.5. The fourth-order valence-corrected chi connectivity index (χ4v) is 4.62. The first-order valence-corrected chi connectivity index (χ1v) is 11.4. The molecule has 0 aliphatic carbocycles. The minimum atomic E-state index is -3.83. The number of hydrazone groups is 1. The smallest absolute Gasteiger partial charge is 0.276 e. The highest BCUT2D eigenvalue weighted by atomic mass is 32.2. The summed E-state index contributed by atoms with van der Waals surface area (Å²) >= 11 is 0. The van der Waals surface area contributed by atoms with Gasteiger partial charge in [0.05, 0.1) is 16.0 Å². The molecular formula is C21H26N4O4S. The number of sulfonamides is 1. The van der Waals surface area contributed by atoms with Crippen LogP contribution in [0.1, 0.15) is 44.2 Å². The van der Waals surface area contributed by atoms with Crippen LogP contribution in [0.15, 0.2) is 52.5 Å². The lowest BCUT2D eigenvalue weighted by Crippen LogP contribution is -2.44. The van der Waals surface area contributed by atoms with Gasteiger partial charge in [-0.15, -0.1) is 0 Å². The van der Waals surface area contributed by atoms with E-state index in [2.05, 4.69) is 28.7 Å². The van der Waals surface area contributed by atoms with Crippen molar-refractivity contribution in [1.82, 2.24) is 4.83 Å². The van der Waals surface area contributed by atoms with Crippen LogP contribution in [0, 0.1) is 17.0 Å². The van der Waals surface area contributed by atoms with Crippen LogP contribution in [-0.2, 0) is 10.0 Å². The van der Waals surface area contributed by atoms with Crippen molar-refractivity contribution in [3.63, 3.8) is 0 Å². The molecule has 1 N–H and O–H groups in total. The van der Waals surface area contributed by atoms with Crippen molar-refractivity contribution in [1.29, 1.82) is 0 Å². The largest absolute Gasteiger partial charge is 0.366 e. The third-order valence-electron chi connectivity index (χ3n) is 5.40. The Hall–Kier alpha value is -2.94. The molecule has 0 bridgehead atoms. The summed E-state index contributed by atoms with van der Waals surface area (Å²) in [6.45, 7) is 6.12. The number of nitrogens with one attached hydrogen (secondary N) is 1. The van der Waals surface area contributed by atoms with Crippen molar-refractivity contribution in [2.45, 2.75) is 57.0 Å². The van der Waals surface area contributed by atoms with E-state index < -0.39 is 14.9 Å². The van der Waals surface area contributed by atoms with E-state index in [-0.39, 0.29) is 22.7 Å². The first-order chi connectivity index (χ1) is 14.2. The molecule has 2 aromatic carbocycles. The van der Waals surface area contributed by atoms with Crippen LogP contribution in [0.4, 0.5) is 11.4 Å². The van der Waals surface area contributed by atoms with E-state index in [1.54, 1.807) is 18.2 Å². The van der Waals surface area contributed by atoms with Crippen molar-refractivity contribution >= 4 is 27.6 Å². The number of piperidine rings is 1. The molecular weight excluding hydrogens is 404 g/mol. The Kier molecular flexibility index (Phi) is 6.40. The highest BCUT2D eigenvalue weighted by molar-refractivity contribution is 7.89. The van der Waals surface area contributed by atoms with Crippen LogP contribution in [0.3, 0.4) is 0 Å². The summed E-state index contributed by atoms with van der Waals surface area (Å²) in [4.78, 5) is 15.3. The van der Waals surface area contributed by atoms with Gasteiger partial charge >= 0.3 is 0 Å². The number of rotatable bonds is 6. The average Bonchev–Trinajstić information content (AvgIpc) is 2.69. The van der Waals surface area contributed by atoms with Gasteiger partial charge in [-0.2, -0.15) is 13.5 Å². The topological polar surface area (TPSA) is 105 Å². The molecule has 0 saturated carbocycles. The van der Waals surface area contributed by atoms with E-state index in [1.807, 2.05) is 6.92 Å². The molecule has 1 saturated heterocycles. The summed E-state index contributed by atoms with van der Waals surface area (Å²) in [5.41, 5.74) is 2.18. The summed E-state index contributed by atoms with van der Waals surface area (Å²) in [6, 6.07) is 11.6. The molecule has 3 rings (SSSR count). The van der Waals surface area contributed by atoms with E-state index >= 15 is 0 Å². The summed E-state index contributed by atoms with van der Waals surface area (Å²) in [5, 5.41) is 15.2. The Morgan fingerprint density at radius 2 is 1.77 bits per heavy atom. The molecule has 1 aliphatic rings. The zero-order chi connectivity index (χ0) is 21.9. The van der Waals surface area contributed by atoms with Gasteiger partial charge < -0.3 is 4.90 Å². The average molecular weight is 431 g/mol. The summed E-state index contributed by atoms with van der Waals surface area (Å²) < 4.78 is 24.9. The van der Waals surface area contributed by atoms with Crippen LogP contribution in [0.5, 0.6) is 0 Å². The van der Waals surface area contributed by atoms with Gasteiger partial charge in [0.25, 0.3) is 15.7 Å². The number of non-ortho nitro benzene ring substituents is 1. The zero-order valence-corrected chi connectivity index (χ0v) is 18.1. The molecule has 30 heavy (non-hydrogen) atoms. The van der Waals surface area contributed by atoms with Crippen molar-refractivity contribution in [3.8, 4) is 0 Å². The quantitative estimate of drug-likeness (QED) is 0.424. The summed E-state index contributed by atoms with van der Waals surface area (Å²) in [7, 11) is -3.83. The molecule has 0 radical (unpaired) electrons. The van der Waals surface area contributed by atoms with Gasteiger partial charge in [-0.3, -0.25) is 10.1 Å². The van der Waals surface area contributed by atoms with Gasteiger partial charge in [0.2, 0.25) is 0 Å². The van der Waals surface area contributed by atoms with E-state index in [1.165, 1.54) is 30.5 Å². The predicted molar refractivity (Wildman–Crippen MR) is 117 cm³/mol. The standard InChI is InChI=1S/C21H26N4O4S/c1-15-7-10-20(11-8-15)30(28,29)23-22-14-18-13-19(25(26)27)9-12-21(18)24-16(2)5-4-6-17(24)3/h7-14,16-17,23H,4-6H2,1-3H3. The van der Waals surface area contributed by atoms with Crippen LogP contribution in [0.2, 0.25) is 0 Å². The molecule has 2 unspecified atom stereocenters. The SMILES string of the molecule is Cc1ccc(S(=O)(=O)NN=Cc2cc([N+](=O)[O-])ccc2N2C(C)CCCC2C)cc1. The van der Waals surface area contributed by atoms with Crippen molar-refractivity contribution < 1.29 is 13.3 Å². The van der Waals surface area contributed by atoms with E-state index in [4.69, 9.17) is 0 Å². The van der Waals surface area contributed by atoms with Gasteiger partial charge in [0.15, 0.2) is 0 Å². The molecule has 1 aliphatic heterocycles. The van der Waals surface area contributed by atoms with E-state index in [0.29, 0.717) is 5.56 Å². The van der Waals surface area contributed by atoms with Gasteiger partial charge in [-0.05, 0) is 58.2 Å². The molecule has 1 fully saturated rings. The lowest BCUT2D eigenvalue weighted by Gasteiger charge is -2.41. The second kappa shape index (κ2) is 8.83. The number of hydrogen-bond donors (Lipinski definition) is 1. The fraction of sp³-hybridized carbons (Fsp3) is 0.381. The minimum absolute atomic E-state index is 0.0705. The monoisotopic (exact) mass is 430 g/mol. The molecule has 8 nitrogen and oxygen atoms in total. The number of aryl methyl sites for hydroxylation is 1. The van der Waals surface area contributed by atoms with Gasteiger partial charge in [0, 0.05) is 35.5 Å². The lowest BCUT2D eigenvalue weighted by molar-refractivity contribution is -0.384. The first-order valence-electron chi connectivity index (χ1n) is 9.87. The third kappa shape index (κ3) is 4.79. The summed E-state index contributed by atoms with van der Waals surface area (Å²) in [5.74, 6) is 0. The van der Waals surface area contributed by atoms with Crippen molar-refractivity contribution in [2.75, 3.05) is 4.90 Å². The Morgan fingerprint density at radius 3 is 2.37 bits per heavy atom. The Labute approximate surface area is 176 Å². The highest BCUT2D eigenvalue weighted by Gasteiger charge is 2.27. The molecule has 2 aromatic rings. The van der Waals surface area contributed by atoms with Crippen LogP contribution < -0.4 is 9.73 Å². The molecule has 1 heterocycles. The number of nitro groups is 1. The predicted octanol–water partition coefficient (Wildman–Crippen LogP) is 3.98. The van der Waals surface area contributed by atoms with Crippen LogP contribution in [0.25, 0.3) is 0 Å². The van der Waals surface area contributed by atoms with Gasteiger partial charge in [-0.25, -0.2) is 4.83 Å². The lowest BCUT2D eigenvalue weighted by atomic mass is 9.95. The third-order valence-corrected chi connectivity index (χ3v) is 6.64. The normalized spacial score (nSPS) is 19.8. The fourth-order valence-electron chi connectivity index (χ4n) is 3.83. The van der Waals surface area contributed by atoms with E-state index in [9.17, 15) is 18.5 Å². The molecule has 160 valence electrons. The minimum Gasteiger partial charge on any atom is -0.366 e. The number of anilines is 1. The van der Waals surface area contributed by atoms with Crippen LogP contribution in [-0.4, -0.2) is 31.6 Å². The van der Waals surface area contributed by atoms with Gasteiger partial charge in [0.1, 0.15) is 0 Å². The molecule has 0 aromatic heterocycles. The highest BCUT2D eigenvalue weighted by Crippen LogP contribution is 2.33. The number of benzene rings is 2. The van der Waals surface area contributed by atoms with Crippen molar-refractivity contribution in [2.24, 2.45) is 5.10 Å². The first kappa shape index (κ1) is 21.8. The van der Waals surface area contributed by atoms with Gasteiger partial charge in [-0.1, -0.05) is 17.7 Å². The molecule has 2 atom stereocenters.